The highest BCUT2D eigenvalue weighted by atomic mass is 16.3. The van der Waals surface area contributed by atoms with Crippen LogP contribution < -0.4 is 11.0 Å². The maximum Gasteiger partial charge on any atom is 0.266 e. The minimum absolute atomic E-state index is 0.137. The van der Waals surface area contributed by atoms with Crippen LogP contribution in [0.15, 0.2) is 99.1 Å². The SMILES string of the molecule is O=c1c(C=Cc2nc3ccccc3c(=O)n2-c2ccccc2)coc2ccccc12. The van der Waals surface area contributed by atoms with Gasteiger partial charge in [0.15, 0.2) is 5.43 Å². The molecule has 0 aliphatic rings. The van der Waals surface area contributed by atoms with Crippen LogP contribution in [0.1, 0.15) is 11.4 Å². The highest BCUT2D eigenvalue weighted by Crippen LogP contribution is 2.16. The van der Waals surface area contributed by atoms with E-state index < -0.39 is 0 Å². The van der Waals surface area contributed by atoms with Crippen molar-refractivity contribution in [3.8, 4) is 5.69 Å². The lowest BCUT2D eigenvalue weighted by atomic mass is 10.1. The number of hydrogen-bond acceptors (Lipinski definition) is 4. The molecule has 144 valence electrons. The van der Waals surface area contributed by atoms with Crippen molar-refractivity contribution in [1.82, 2.24) is 9.55 Å². The van der Waals surface area contributed by atoms with Crippen LogP contribution in [-0.2, 0) is 0 Å². The van der Waals surface area contributed by atoms with E-state index in [1.165, 1.54) is 6.26 Å². The van der Waals surface area contributed by atoms with Gasteiger partial charge in [0.1, 0.15) is 17.7 Å². The van der Waals surface area contributed by atoms with Crippen molar-refractivity contribution in [3.63, 3.8) is 0 Å². The molecule has 5 aromatic rings. The molecule has 0 saturated heterocycles. The molecule has 5 rings (SSSR count). The fraction of sp³-hybridized carbons (Fsp3) is 0. The van der Waals surface area contributed by atoms with Gasteiger partial charge in [0.2, 0.25) is 0 Å². The van der Waals surface area contributed by atoms with E-state index in [0.29, 0.717) is 38.9 Å². The predicted octanol–water partition coefficient (Wildman–Crippen LogP) is 4.66. The first-order valence-electron chi connectivity index (χ1n) is 9.48. The molecule has 0 aliphatic heterocycles. The Labute approximate surface area is 171 Å². The molecular weight excluding hydrogens is 376 g/mol. The Hall–Kier alpha value is -4.25. The largest absolute Gasteiger partial charge is 0.463 e. The quantitative estimate of drug-likeness (QED) is 0.448. The van der Waals surface area contributed by atoms with E-state index in [1.54, 1.807) is 47.1 Å². The van der Waals surface area contributed by atoms with Crippen molar-refractivity contribution in [2.45, 2.75) is 0 Å². The number of aromatic nitrogens is 2. The van der Waals surface area contributed by atoms with E-state index in [-0.39, 0.29) is 11.0 Å². The van der Waals surface area contributed by atoms with Gasteiger partial charge in [-0.05, 0) is 48.6 Å². The normalized spacial score (nSPS) is 11.5. The van der Waals surface area contributed by atoms with Gasteiger partial charge in [-0.1, -0.05) is 42.5 Å². The second-order valence-corrected chi connectivity index (χ2v) is 6.81. The molecule has 30 heavy (non-hydrogen) atoms. The molecular formula is C25H16N2O3. The first-order valence-corrected chi connectivity index (χ1v) is 9.48. The number of benzene rings is 3. The lowest BCUT2D eigenvalue weighted by Crippen LogP contribution is -2.22. The molecule has 5 nitrogen and oxygen atoms in total. The van der Waals surface area contributed by atoms with Crippen molar-refractivity contribution in [2.75, 3.05) is 0 Å². The van der Waals surface area contributed by atoms with E-state index in [1.807, 2.05) is 48.5 Å². The Morgan fingerprint density at radius 2 is 1.47 bits per heavy atom. The molecule has 2 heterocycles. The summed E-state index contributed by atoms with van der Waals surface area (Å²) < 4.78 is 7.12. The van der Waals surface area contributed by atoms with Crippen molar-refractivity contribution in [3.05, 3.63) is 117 Å². The summed E-state index contributed by atoms with van der Waals surface area (Å²) in [6.45, 7) is 0. The molecule has 0 aliphatic carbocycles. The molecule has 0 bridgehead atoms. The Kier molecular flexibility index (Phi) is 4.33. The summed E-state index contributed by atoms with van der Waals surface area (Å²) in [6.07, 6.45) is 4.73. The van der Waals surface area contributed by atoms with Gasteiger partial charge >= 0.3 is 0 Å². The fourth-order valence-electron chi connectivity index (χ4n) is 3.46. The van der Waals surface area contributed by atoms with E-state index in [2.05, 4.69) is 4.98 Å². The van der Waals surface area contributed by atoms with Gasteiger partial charge in [0.25, 0.3) is 5.56 Å². The van der Waals surface area contributed by atoms with Crippen LogP contribution in [0.3, 0.4) is 0 Å². The lowest BCUT2D eigenvalue weighted by molar-refractivity contribution is 0.601. The molecule has 2 aromatic heterocycles. The van der Waals surface area contributed by atoms with E-state index in [0.717, 1.165) is 0 Å². The van der Waals surface area contributed by atoms with Crippen LogP contribution in [0.5, 0.6) is 0 Å². The van der Waals surface area contributed by atoms with Crippen LogP contribution in [0, 0.1) is 0 Å². The van der Waals surface area contributed by atoms with Crippen molar-refractivity contribution in [1.29, 1.82) is 0 Å². The Morgan fingerprint density at radius 3 is 2.30 bits per heavy atom. The number of para-hydroxylation sites is 3. The zero-order valence-corrected chi connectivity index (χ0v) is 15.9. The summed E-state index contributed by atoms with van der Waals surface area (Å²) in [6, 6.07) is 23.6. The Morgan fingerprint density at radius 1 is 0.767 bits per heavy atom. The summed E-state index contributed by atoms with van der Waals surface area (Å²) in [5.41, 5.74) is 1.91. The molecule has 0 amide bonds. The number of fused-ring (bicyclic) bond motifs is 2. The minimum Gasteiger partial charge on any atom is -0.463 e. The monoisotopic (exact) mass is 392 g/mol. The third-order valence-electron chi connectivity index (χ3n) is 4.93. The summed E-state index contributed by atoms with van der Waals surface area (Å²) in [7, 11) is 0. The maximum absolute atomic E-state index is 13.2. The standard InChI is InChI=1S/C25H16N2O3/c28-24-17(16-30-22-13-7-5-11-20(22)24)14-15-23-26-21-12-6-4-10-19(21)25(29)27(23)18-8-2-1-3-9-18/h1-16H. The molecule has 0 spiro atoms. The number of nitrogens with zero attached hydrogens (tertiary/aromatic N) is 2. The minimum atomic E-state index is -0.169. The van der Waals surface area contributed by atoms with Gasteiger partial charge in [0, 0.05) is 0 Å². The average molecular weight is 392 g/mol. The molecule has 0 radical (unpaired) electrons. The van der Waals surface area contributed by atoms with Crippen LogP contribution in [0.4, 0.5) is 0 Å². The zero-order valence-electron chi connectivity index (χ0n) is 15.9. The molecule has 0 unspecified atom stereocenters. The highest BCUT2D eigenvalue weighted by molar-refractivity contribution is 5.82. The van der Waals surface area contributed by atoms with Crippen LogP contribution in [0.25, 0.3) is 39.7 Å². The maximum atomic E-state index is 13.2. The smallest absolute Gasteiger partial charge is 0.266 e. The summed E-state index contributed by atoms with van der Waals surface area (Å²) in [4.78, 5) is 30.7. The van der Waals surface area contributed by atoms with Gasteiger partial charge < -0.3 is 4.42 Å². The van der Waals surface area contributed by atoms with Crippen LogP contribution in [-0.4, -0.2) is 9.55 Å². The average Bonchev–Trinajstić information content (AvgIpc) is 2.79. The van der Waals surface area contributed by atoms with E-state index >= 15 is 0 Å². The lowest BCUT2D eigenvalue weighted by Gasteiger charge is -2.11. The predicted molar refractivity (Wildman–Crippen MR) is 119 cm³/mol. The van der Waals surface area contributed by atoms with Gasteiger partial charge in [-0.3, -0.25) is 14.2 Å². The molecule has 5 heteroatoms. The van der Waals surface area contributed by atoms with Gasteiger partial charge in [0.05, 0.1) is 27.5 Å². The van der Waals surface area contributed by atoms with Crippen molar-refractivity contribution in [2.24, 2.45) is 0 Å². The topological polar surface area (TPSA) is 65.1 Å². The fourth-order valence-corrected chi connectivity index (χ4v) is 3.46. The Balaban J connectivity index is 1.72. The Bertz CT molecular complexity index is 1530. The molecule has 0 atom stereocenters. The number of rotatable bonds is 3. The first-order chi connectivity index (χ1) is 14.7. The van der Waals surface area contributed by atoms with Crippen molar-refractivity contribution < 1.29 is 4.42 Å². The number of hydrogen-bond donors (Lipinski definition) is 0. The molecule has 3 aromatic carbocycles. The van der Waals surface area contributed by atoms with Gasteiger partial charge in [-0.25, -0.2) is 4.98 Å². The van der Waals surface area contributed by atoms with Crippen LogP contribution in [0.2, 0.25) is 0 Å². The van der Waals surface area contributed by atoms with Gasteiger partial charge in [-0.2, -0.15) is 0 Å². The summed E-state index contributed by atoms with van der Waals surface area (Å²) >= 11 is 0. The van der Waals surface area contributed by atoms with E-state index in [4.69, 9.17) is 4.42 Å². The van der Waals surface area contributed by atoms with E-state index in [9.17, 15) is 9.59 Å². The summed E-state index contributed by atoms with van der Waals surface area (Å²) in [5, 5.41) is 1.04. The third-order valence-corrected chi connectivity index (χ3v) is 4.93. The zero-order chi connectivity index (χ0) is 20.5. The molecule has 0 saturated carbocycles. The van der Waals surface area contributed by atoms with Gasteiger partial charge in [-0.15, -0.1) is 0 Å². The first kappa shape index (κ1) is 17.8. The molecule has 0 fully saturated rings. The highest BCUT2D eigenvalue weighted by Gasteiger charge is 2.11. The van der Waals surface area contributed by atoms with Crippen molar-refractivity contribution >= 4 is 34.0 Å². The summed E-state index contributed by atoms with van der Waals surface area (Å²) in [5.74, 6) is 0.428. The molecule has 0 N–H and O–H groups in total. The van der Waals surface area contributed by atoms with Crippen LogP contribution >= 0.6 is 0 Å². The third kappa shape index (κ3) is 3.02. The second-order valence-electron chi connectivity index (χ2n) is 6.81. The second kappa shape index (κ2) is 7.29.